The monoisotopic (exact) mass is 305 g/mol. The fourth-order valence-corrected chi connectivity index (χ4v) is 2.18. The van der Waals surface area contributed by atoms with Crippen molar-refractivity contribution in [1.82, 2.24) is 0 Å². The van der Waals surface area contributed by atoms with Crippen LogP contribution in [0.5, 0.6) is 5.75 Å². The summed E-state index contributed by atoms with van der Waals surface area (Å²) in [5.74, 6) is -0.300. The zero-order valence-corrected chi connectivity index (χ0v) is 11.8. The normalized spacial score (nSPS) is 9.85. The molecule has 0 fully saturated rings. The maximum Gasteiger partial charge on any atom is 0.315 e. The van der Waals surface area contributed by atoms with E-state index < -0.39 is 5.97 Å². The molecule has 20 heavy (non-hydrogen) atoms. The van der Waals surface area contributed by atoms with Gasteiger partial charge in [0.1, 0.15) is 11.8 Å². The van der Waals surface area contributed by atoms with E-state index in [0.717, 1.165) is 0 Å². The quantitative estimate of drug-likeness (QED) is 0.636. The number of carbonyl (C=O) groups is 1. The van der Waals surface area contributed by atoms with Gasteiger partial charge < -0.3 is 4.74 Å². The van der Waals surface area contributed by atoms with Crippen molar-refractivity contribution in [2.45, 2.75) is 6.42 Å². The lowest BCUT2D eigenvalue weighted by atomic mass is 10.1. The van der Waals surface area contributed by atoms with Gasteiger partial charge in [0, 0.05) is 15.6 Å². The van der Waals surface area contributed by atoms with Crippen LogP contribution in [0.15, 0.2) is 42.5 Å². The van der Waals surface area contributed by atoms with Gasteiger partial charge in [-0.05, 0) is 24.3 Å². The Kier molecular flexibility index (Phi) is 4.62. The van der Waals surface area contributed by atoms with E-state index in [1.807, 2.05) is 6.07 Å². The summed E-state index contributed by atoms with van der Waals surface area (Å²) in [7, 11) is 0. The molecule has 0 aliphatic rings. The van der Waals surface area contributed by atoms with Crippen molar-refractivity contribution in [2.75, 3.05) is 0 Å². The Labute approximate surface area is 126 Å². The summed E-state index contributed by atoms with van der Waals surface area (Å²) in [5.41, 5.74) is 0.807. The Morgan fingerprint density at radius 3 is 2.40 bits per heavy atom. The van der Waals surface area contributed by atoms with E-state index in [0.29, 0.717) is 21.2 Å². The topological polar surface area (TPSA) is 50.1 Å². The van der Waals surface area contributed by atoms with Gasteiger partial charge in [-0.15, -0.1) is 0 Å². The molecule has 0 N–H and O–H groups in total. The SMILES string of the molecule is N#Cc1ccccc1OC(=O)Cc1c(Cl)cccc1Cl. The van der Waals surface area contributed by atoms with E-state index in [-0.39, 0.29) is 12.2 Å². The predicted octanol–water partition coefficient (Wildman–Crippen LogP) is 4.01. The second-order valence-corrected chi connectivity index (χ2v) is 4.77. The summed E-state index contributed by atoms with van der Waals surface area (Å²) < 4.78 is 5.17. The van der Waals surface area contributed by atoms with E-state index in [1.54, 1.807) is 42.5 Å². The van der Waals surface area contributed by atoms with Gasteiger partial charge in [-0.2, -0.15) is 5.26 Å². The van der Waals surface area contributed by atoms with E-state index in [4.69, 9.17) is 33.2 Å². The highest BCUT2D eigenvalue weighted by Crippen LogP contribution is 2.25. The van der Waals surface area contributed by atoms with E-state index in [2.05, 4.69) is 0 Å². The van der Waals surface area contributed by atoms with Crippen molar-refractivity contribution in [2.24, 2.45) is 0 Å². The molecule has 0 saturated heterocycles. The number of ether oxygens (including phenoxy) is 1. The standard InChI is InChI=1S/C15H9Cl2NO2/c16-12-5-3-6-13(17)11(12)8-15(19)20-14-7-2-1-4-10(14)9-18/h1-7H,8H2. The first-order valence-electron chi connectivity index (χ1n) is 5.74. The zero-order valence-electron chi connectivity index (χ0n) is 10.3. The smallest absolute Gasteiger partial charge is 0.315 e. The van der Waals surface area contributed by atoms with Crippen molar-refractivity contribution in [3.63, 3.8) is 0 Å². The van der Waals surface area contributed by atoms with E-state index >= 15 is 0 Å². The molecule has 0 atom stereocenters. The van der Waals surface area contributed by atoms with Crippen molar-refractivity contribution < 1.29 is 9.53 Å². The zero-order chi connectivity index (χ0) is 14.5. The minimum Gasteiger partial charge on any atom is -0.425 e. The molecule has 2 aromatic rings. The molecule has 0 aliphatic carbocycles. The maximum absolute atomic E-state index is 11.9. The van der Waals surface area contributed by atoms with E-state index in [1.165, 1.54) is 0 Å². The molecule has 0 unspecified atom stereocenters. The second-order valence-electron chi connectivity index (χ2n) is 3.96. The van der Waals surface area contributed by atoms with Gasteiger partial charge in [0.2, 0.25) is 0 Å². The highest BCUT2D eigenvalue weighted by Gasteiger charge is 2.14. The summed E-state index contributed by atoms with van der Waals surface area (Å²) in [6.07, 6.45) is -0.0573. The van der Waals surface area contributed by atoms with Crippen LogP contribution < -0.4 is 4.74 Å². The highest BCUT2D eigenvalue weighted by atomic mass is 35.5. The first-order valence-corrected chi connectivity index (χ1v) is 6.50. The van der Waals surface area contributed by atoms with Crippen molar-refractivity contribution in [3.05, 3.63) is 63.6 Å². The molecule has 0 aliphatic heterocycles. The maximum atomic E-state index is 11.9. The number of hydrogen-bond donors (Lipinski definition) is 0. The van der Waals surface area contributed by atoms with Crippen LogP contribution in [0.2, 0.25) is 10.0 Å². The number of rotatable bonds is 3. The van der Waals surface area contributed by atoms with Crippen LogP contribution in [-0.4, -0.2) is 5.97 Å². The van der Waals surface area contributed by atoms with Crippen molar-refractivity contribution in [3.8, 4) is 11.8 Å². The molecular formula is C15H9Cl2NO2. The number of esters is 1. The van der Waals surface area contributed by atoms with Crippen molar-refractivity contribution >= 4 is 29.2 Å². The summed E-state index contributed by atoms with van der Waals surface area (Å²) in [5, 5.41) is 9.74. The summed E-state index contributed by atoms with van der Waals surface area (Å²) >= 11 is 12.0. The average Bonchev–Trinajstić information content (AvgIpc) is 2.44. The minimum absolute atomic E-state index is 0.0573. The molecule has 3 nitrogen and oxygen atoms in total. The summed E-state index contributed by atoms with van der Waals surface area (Å²) in [6.45, 7) is 0. The molecule has 0 heterocycles. The number of para-hydroxylation sites is 1. The fraction of sp³-hybridized carbons (Fsp3) is 0.0667. The number of nitriles is 1. The molecule has 0 aromatic heterocycles. The lowest BCUT2D eigenvalue weighted by Gasteiger charge is -2.08. The van der Waals surface area contributed by atoms with Crippen LogP contribution in [0.3, 0.4) is 0 Å². The van der Waals surface area contributed by atoms with Gasteiger partial charge in [-0.3, -0.25) is 4.79 Å². The fourth-order valence-electron chi connectivity index (χ4n) is 1.65. The molecule has 2 rings (SSSR count). The molecule has 0 radical (unpaired) electrons. The summed E-state index contributed by atoms with van der Waals surface area (Å²) in [6, 6.07) is 13.5. The van der Waals surface area contributed by atoms with Crippen LogP contribution in [0.1, 0.15) is 11.1 Å². The second kappa shape index (κ2) is 6.42. The lowest BCUT2D eigenvalue weighted by Crippen LogP contribution is -2.12. The molecular weight excluding hydrogens is 297 g/mol. The molecule has 0 amide bonds. The largest absolute Gasteiger partial charge is 0.425 e. The molecule has 0 saturated carbocycles. The van der Waals surface area contributed by atoms with E-state index in [9.17, 15) is 4.79 Å². The van der Waals surface area contributed by atoms with Crippen LogP contribution in [0.4, 0.5) is 0 Å². The Hall–Kier alpha value is -2.02. The van der Waals surface area contributed by atoms with Gasteiger partial charge >= 0.3 is 5.97 Å². The van der Waals surface area contributed by atoms with Crippen molar-refractivity contribution in [1.29, 1.82) is 5.26 Å². The van der Waals surface area contributed by atoms with Gasteiger partial charge in [0.25, 0.3) is 0 Å². The predicted molar refractivity (Wildman–Crippen MR) is 77.0 cm³/mol. The van der Waals surface area contributed by atoms with Crippen LogP contribution in [-0.2, 0) is 11.2 Å². The third-order valence-corrected chi connectivity index (χ3v) is 3.32. The third-order valence-electron chi connectivity index (χ3n) is 2.61. The number of nitrogens with zero attached hydrogens (tertiary/aromatic N) is 1. The highest BCUT2D eigenvalue weighted by molar-refractivity contribution is 6.36. The Balaban J connectivity index is 2.16. The molecule has 0 spiro atoms. The number of hydrogen-bond acceptors (Lipinski definition) is 3. The molecule has 0 bridgehead atoms. The van der Waals surface area contributed by atoms with Gasteiger partial charge in [0.05, 0.1) is 12.0 Å². The first kappa shape index (κ1) is 14.4. The summed E-state index contributed by atoms with van der Waals surface area (Å²) in [4.78, 5) is 11.9. The lowest BCUT2D eigenvalue weighted by molar-refractivity contribution is -0.133. The Morgan fingerprint density at radius 1 is 1.10 bits per heavy atom. The van der Waals surface area contributed by atoms with Crippen LogP contribution in [0, 0.1) is 11.3 Å². The number of carbonyl (C=O) groups excluding carboxylic acids is 1. The third kappa shape index (κ3) is 3.30. The molecule has 2 aromatic carbocycles. The molecule has 5 heteroatoms. The molecule has 100 valence electrons. The van der Waals surface area contributed by atoms with Crippen LogP contribution in [0.25, 0.3) is 0 Å². The Bertz CT molecular complexity index is 672. The minimum atomic E-state index is -0.525. The van der Waals surface area contributed by atoms with Crippen LogP contribution >= 0.6 is 23.2 Å². The Morgan fingerprint density at radius 2 is 1.75 bits per heavy atom. The first-order chi connectivity index (χ1) is 9.61. The van der Waals surface area contributed by atoms with Gasteiger partial charge in [-0.25, -0.2) is 0 Å². The van der Waals surface area contributed by atoms with Gasteiger partial charge in [0.15, 0.2) is 0 Å². The van der Waals surface area contributed by atoms with Gasteiger partial charge in [-0.1, -0.05) is 41.4 Å². The average molecular weight is 306 g/mol. The number of halogens is 2. The number of benzene rings is 2.